The number of hydrogen-bond acceptors (Lipinski definition) is 5. The second-order valence-electron chi connectivity index (χ2n) is 4.48. The molecule has 2 N–H and O–H groups in total. The topological polar surface area (TPSA) is 68.2 Å². The molecule has 92 valence electrons. The highest BCUT2D eigenvalue weighted by atomic mass is 16.5. The molecule has 0 aliphatic rings. The van der Waals surface area contributed by atoms with Gasteiger partial charge in [-0.15, -0.1) is 0 Å². The van der Waals surface area contributed by atoms with Gasteiger partial charge in [-0.05, 0) is 27.4 Å². The molecule has 0 amide bonds. The fraction of sp³-hybridized carbons (Fsp3) is 0.818. The van der Waals surface area contributed by atoms with Crippen molar-refractivity contribution in [3.8, 4) is 0 Å². The van der Waals surface area contributed by atoms with Gasteiger partial charge < -0.3 is 15.2 Å². The first kappa shape index (κ1) is 13.1. The van der Waals surface area contributed by atoms with Gasteiger partial charge in [0.1, 0.15) is 0 Å². The lowest BCUT2D eigenvalue weighted by molar-refractivity contribution is 0.329. The summed E-state index contributed by atoms with van der Waals surface area (Å²) in [6, 6.07) is 0.0483. The van der Waals surface area contributed by atoms with Gasteiger partial charge in [0.15, 0.2) is 5.82 Å². The van der Waals surface area contributed by atoms with E-state index in [1.807, 2.05) is 21.0 Å². The number of aromatic nitrogens is 2. The zero-order valence-corrected chi connectivity index (χ0v) is 10.6. The number of hydrogen-bond donors (Lipinski definition) is 1. The Morgan fingerprint density at radius 3 is 2.62 bits per heavy atom. The van der Waals surface area contributed by atoms with Gasteiger partial charge in [0.05, 0.1) is 5.92 Å². The van der Waals surface area contributed by atoms with Crippen LogP contribution < -0.4 is 5.73 Å². The van der Waals surface area contributed by atoms with Crippen molar-refractivity contribution in [1.82, 2.24) is 15.0 Å². The van der Waals surface area contributed by atoms with E-state index in [-0.39, 0.29) is 12.0 Å². The summed E-state index contributed by atoms with van der Waals surface area (Å²) in [4.78, 5) is 6.49. The molecule has 1 aromatic heterocycles. The highest BCUT2D eigenvalue weighted by Crippen LogP contribution is 2.20. The maximum absolute atomic E-state index is 5.87. The Bertz CT molecular complexity index is 309. The van der Waals surface area contributed by atoms with Crippen LogP contribution >= 0.6 is 0 Å². The van der Waals surface area contributed by atoms with Crippen molar-refractivity contribution in [3.05, 3.63) is 11.7 Å². The van der Waals surface area contributed by atoms with Crippen LogP contribution in [0.4, 0.5) is 0 Å². The van der Waals surface area contributed by atoms with E-state index in [0.717, 1.165) is 25.2 Å². The Morgan fingerprint density at radius 1 is 1.44 bits per heavy atom. The molecule has 0 radical (unpaired) electrons. The molecule has 0 aliphatic carbocycles. The minimum absolute atomic E-state index is 0.0483. The van der Waals surface area contributed by atoms with Gasteiger partial charge in [-0.1, -0.05) is 12.1 Å². The largest absolute Gasteiger partial charge is 0.339 e. The average molecular weight is 226 g/mol. The zero-order chi connectivity index (χ0) is 12.1. The fourth-order valence-corrected chi connectivity index (χ4v) is 1.61. The van der Waals surface area contributed by atoms with E-state index in [9.17, 15) is 0 Å². The van der Waals surface area contributed by atoms with Gasteiger partial charge in [-0.25, -0.2) is 0 Å². The summed E-state index contributed by atoms with van der Waals surface area (Å²) in [5.74, 6) is 1.61. The van der Waals surface area contributed by atoms with Crippen molar-refractivity contribution in [2.45, 2.75) is 38.6 Å². The van der Waals surface area contributed by atoms with E-state index in [1.165, 1.54) is 0 Å². The summed E-state index contributed by atoms with van der Waals surface area (Å²) in [6.07, 6.45) is 1.73. The second kappa shape index (κ2) is 5.96. The minimum atomic E-state index is 0.0483. The molecule has 1 heterocycles. The van der Waals surface area contributed by atoms with E-state index in [4.69, 9.17) is 10.3 Å². The monoisotopic (exact) mass is 226 g/mol. The third kappa shape index (κ3) is 3.57. The van der Waals surface area contributed by atoms with E-state index >= 15 is 0 Å². The Hall–Kier alpha value is -0.940. The third-order valence-electron chi connectivity index (χ3n) is 2.66. The standard InChI is InChI=1S/C11H22N4O/c1-5-9(8(2)12)11-13-10(14-16-11)6-7-15(3)4/h8-9H,5-7,12H2,1-4H3. The molecular weight excluding hydrogens is 204 g/mol. The molecule has 1 rings (SSSR count). The molecule has 0 aliphatic heterocycles. The summed E-state index contributed by atoms with van der Waals surface area (Å²) in [7, 11) is 4.05. The molecule has 5 nitrogen and oxygen atoms in total. The molecule has 0 spiro atoms. The highest BCUT2D eigenvalue weighted by Gasteiger charge is 2.20. The van der Waals surface area contributed by atoms with Gasteiger partial charge in [0.2, 0.25) is 5.89 Å². The fourth-order valence-electron chi connectivity index (χ4n) is 1.61. The van der Waals surface area contributed by atoms with Gasteiger partial charge >= 0.3 is 0 Å². The Morgan fingerprint density at radius 2 is 2.12 bits per heavy atom. The molecular formula is C11H22N4O. The van der Waals surface area contributed by atoms with Gasteiger partial charge in [-0.3, -0.25) is 0 Å². The first-order chi connectivity index (χ1) is 7.54. The maximum atomic E-state index is 5.87. The first-order valence-corrected chi connectivity index (χ1v) is 5.77. The van der Waals surface area contributed by atoms with Crippen LogP contribution in [0.1, 0.15) is 37.9 Å². The van der Waals surface area contributed by atoms with E-state index in [2.05, 4.69) is 22.0 Å². The summed E-state index contributed by atoms with van der Waals surface area (Å²) < 4.78 is 5.25. The molecule has 16 heavy (non-hydrogen) atoms. The van der Waals surface area contributed by atoms with Crippen molar-refractivity contribution in [1.29, 1.82) is 0 Å². The van der Waals surface area contributed by atoms with Crippen LogP contribution in [0.15, 0.2) is 4.52 Å². The lowest BCUT2D eigenvalue weighted by Gasteiger charge is -2.13. The molecule has 5 heteroatoms. The molecule has 2 unspecified atom stereocenters. The number of likely N-dealkylation sites (N-methyl/N-ethyl adjacent to an activating group) is 1. The van der Waals surface area contributed by atoms with Crippen LogP contribution in [-0.4, -0.2) is 41.7 Å². The van der Waals surface area contributed by atoms with E-state index < -0.39 is 0 Å². The van der Waals surface area contributed by atoms with Crippen molar-refractivity contribution >= 4 is 0 Å². The quantitative estimate of drug-likeness (QED) is 0.784. The van der Waals surface area contributed by atoms with Gasteiger partial charge in [0.25, 0.3) is 0 Å². The van der Waals surface area contributed by atoms with Crippen LogP contribution in [0.2, 0.25) is 0 Å². The molecule has 0 saturated carbocycles. The average Bonchev–Trinajstić information content (AvgIpc) is 2.64. The maximum Gasteiger partial charge on any atom is 0.231 e. The van der Waals surface area contributed by atoms with Crippen molar-refractivity contribution in [2.75, 3.05) is 20.6 Å². The zero-order valence-electron chi connectivity index (χ0n) is 10.6. The number of nitrogens with two attached hydrogens (primary N) is 1. The van der Waals surface area contributed by atoms with E-state index in [1.54, 1.807) is 0 Å². The van der Waals surface area contributed by atoms with E-state index in [0.29, 0.717) is 5.89 Å². The molecule has 0 bridgehead atoms. The summed E-state index contributed by atoms with van der Waals surface area (Å²) in [5.41, 5.74) is 5.87. The van der Waals surface area contributed by atoms with Gasteiger partial charge in [-0.2, -0.15) is 4.98 Å². The van der Waals surface area contributed by atoms with Crippen LogP contribution in [0.25, 0.3) is 0 Å². The third-order valence-corrected chi connectivity index (χ3v) is 2.66. The molecule has 0 fully saturated rings. The molecule has 2 atom stereocenters. The normalized spacial score (nSPS) is 15.4. The molecule has 0 saturated heterocycles. The lowest BCUT2D eigenvalue weighted by Crippen LogP contribution is -2.24. The minimum Gasteiger partial charge on any atom is -0.339 e. The highest BCUT2D eigenvalue weighted by molar-refractivity contribution is 4.97. The summed E-state index contributed by atoms with van der Waals surface area (Å²) in [6.45, 7) is 4.98. The van der Waals surface area contributed by atoms with Gasteiger partial charge in [0, 0.05) is 19.0 Å². The van der Waals surface area contributed by atoms with Crippen LogP contribution in [0.3, 0.4) is 0 Å². The molecule has 1 aromatic rings. The predicted molar refractivity (Wildman–Crippen MR) is 63.2 cm³/mol. The Kier molecular flexibility index (Phi) is 4.89. The van der Waals surface area contributed by atoms with Crippen molar-refractivity contribution in [3.63, 3.8) is 0 Å². The Balaban J connectivity index is 2.62. The smallest absolute Gasteiger partial charge is 0.231 e. The Labute approximate surface area is 97.0 Å². The molecule has 0 aromatic carbocycles. The number of nitrogens with zero attached hydrogens (tertiary/aromatic N) is 3. The number of rotatable bonds is 6. The first-order valence-electron chi connectivity index (χ1n) is 5.77. The van der Waals surface area contributed by atoms with Crippen LogP contribution in [0, 0.1) is 0 Å². The summed E-state index contributed by atoms with van der Waals surface area (Å²) in [5, 5.41) is 3.97. The van der Waals surface area contributed by atoms with Crippen molar-refractivity contribution in [2.24, 2.45) is 5.73 Å². The predicted octanol–water partition coefficient (Wildman–Crippen LogP) is 1.01. The van der Waals surface area contributed by atoms with Crippen LogP contribution in [0.5, 0.6) is 0 Å². The van der Waals surface area contributed by atoms with Crippen LogP contribution in [-0.2, 0) is 6.42 Å². The second-order valence-corrected chi connectivity index (χ2v) is 4.48. The lowest BCUT2D eigenvalue weighted by atomic mass is 9.99. The summed E-state index contributed by atoms with van der Waals surface area (Å²) >= 11 is 0. The van der Waals surface area contributed by atoms with Crippen molar-refractivity contribution < 1.29 is 4.52 Å². The SMILES string of the molecule is CCC(c1nc(CCN(C)C)no1)C(C)N.